The molecule has 0 saturated carbocycles. The van der Waals surface area contributed by atoms with Gasteiger partial charge in [0.15, 0.2) is 0 Å². The number of H-pyrrole nitrogens is 1. The highest BCUT2D eigenvalue weighted by Crippen LogP contribution is 2.43. The van der Waals surface area contributed by atoms with Crippen LogP contribution < -0.4 is 5.32 Å². The van der Waals surface area contributed by atoms with Crippen LogP contribution in [0.1, 0.15) is 44.0 Å². The van der Waals surface area contributed by atoms with Crippen molar-refractivity contribution in [1.82, 2.24) is 9.97 Å². The van der Waals surface area contributed by atoms with Crippen LogP contribution in [0.4, 0.5) is 5.00 Å². The number of fused-ring (bicyclic) bond motifs is 2. The molecular formula is C24H21N3O3S. The largest absolute Gasteiger partial charge is 0.465 e. The van der Waals surface area contributed by atoms with Crippen LogP contribution >= 0.6 is 11.3 Å². The van der Waals surface area contributed by atoms with Crippen LogP contribution in [0.3, 0.4) is 0 Å². The predicted octanol–water partition coefficient (Wildman–Crippen LogP) is 5.21. The lowest BCUT2D eigenvalue weighted by Gasteiger charge is -2.12. The number of nitrogens with zero attached hydrogens (tertiary/aromatic N) is 1. The third-order valence-electron chi connectivity index (χ3n) is 5.57. The SMILES string of the molecule is COC(=O)c1cccc(C(=O)Nc2sc3c(c2-c2nc4ccccc4[nH]2)CCCC3)c1. The predicted molar refractivity (Wildman–Crippen MR) is 122 cm³/mol. The molecule has 5 rings (SSSR count). The molecule has 6 nitrogen and oxygen atoms in total. The Morgan fingerprint density at radius 2 is 1.87 bits per heavy atom. The first-order valence-electron chi connectivity index (χ1n) is 10.2. The van der Waals surface area contributed by atoms with Gasteiger partial charge in [-0.05, 0) is 61.6 Å². The van der Waals surface area contributed by atoms with E-state index in [0.29, 0.717) is 11.1 Å². The maximum atomic E-state index is 13.1. The van der Waals surface area contributed by atoms with Crippen molar-refractivity contribution >= 4 is 39.2 Å². The number of para-hydroxylation sites is 2. The van der Waals surface area contributed by atoms with Gasteiger partial charge in [0.2, 0.25) is 0 Å². The van der Waals surface area contributed by atoms with Crippen LogP contribution in [0.15, 0.2) is 48.5 Å². The highest BCUT2D eigenvalue weighted by molar-refractivity contribution is 7.17. The number of aryl methyl sites for hydroxylation is 1. The molecule has 0 atom stereocenters. The molecule has 2 aromatic heterocycles. The van der Waals surface area contributed by atoms with Gasteiger partial charge in [0, 0.05) is 10.4 Å². The fourth-order valence-electron chi connectivity index (χ4n) is 4.06. The standard InChI is InChI=1S/C24H21N3O3S/c1-30-24(29)15-8-6-7-14(13-15)22(28)27-23-20(16-9-2-5-12-19(16)31-23)21-25-17-10-3-4-11-18(17)26-21/h3-4,6-8,10-11,13H,2,5,9,12H2,1H3,(H,25,26)(H,27,28). The van der Waals surface area contributed by atoms with Crippen molar-refractivity contribution in [1.29, 1.82) is 0 Å². The third-order valence-corrected chi connectivity index (χ3v) is 6.78. The van der Waals surface area contributed by atoms with Crippen molar-refractivity contribution in [3.05, 3.63) is 70.1 Å². The van der Waals surface area contributed by atoms with Crippen LogP contribution in [0.2, 0.25) is 0 Å². The van der Waals surface area contributed by atoms with Crippen LogP contribution in [-0.4, -0.2) is 29.0 Å². The van der Waals surface area contributed by atoms with Crippen molar-refractivity contribution < 1.29 is 14.3 Å². The van der Waals surface area contributed by atoms with Crippen LogP contribution in [0, 0.1) is 0 Å². The molecule has 4 aromatic rings. The second-order valence-electron chi connectivity index (χ2n) is 7.54. The maximum absolute atomic E-state index is 13.1. The summed E-state index contributed by atoms with van der Waals surface area (Å²) in [7, 11) is 1.32. The van der Waals surface area contributed by atoms with E-state index in [2.05, 4.69) is 10.3 Å². The number of methoxy groups -OCH3 is 1. The number of hydrogen-bond donors (Lipinski definition) is 2. The number of imidazole rings is 1. The summed E-state index contributed by atoms with van der Waals surface area (Å²) in [5, 5.41) is 3.87. The lowest BCUT2D eigenvalue weighted by atomic mass is 9.95. The summed E-state index contributed by atoms with van der Waals surface area (Å²) in [5.41, 5.74) is 4.87. The van der Waals surface area contributed by atoms with Gasteiger partial charge in [-0.1, -0.05) is 18.2 Å². The van der Waals surface area contributed by atoms with Crippen molar-refractivity contribution in [3.8, 4) is 11.4 Å². The number of anilines is 1. The summed E-state index contributed by atoms with van der Waals surface area (Å²) in [6.45, 7) is 0. The molecule has 0 radical (unpaired) electrons. The summed E-state index contributed by atoms with van der Waals surface area (Å²) < 4.78 is 4.77. The van der Waals surface area contributed by atoms with Gasteiger partial charge in [0.05, 0.1) is 29.3 Å². The van der Waals surface area contributed by atoms with E-state index in [1.54, 1.807) is 35.6 Å². The molecule has 2 aromatic carbocycles. The van der Waals surface area contributed by atoms with Crippen molar-refractivity contribution in [2.75, 3.05) is 12.4 Å². The topological polar surface area (TPSA) is 84.1 Å². The highest BCUT2D eigenvalue weighted by Gasteiger charge is 2.25. The molecule has 1 amide bonds. The van der Waals surface area contributed by atoms with Crippen LogP contribution in [0.5, 0.6) is 0 Å². The van der Waals surface area contributed by atoms with E-state index in [9.17, 15) is 9.59 Å². The first-order chi connectivity index (χ1) is 15.1. The Labute approximate surface area is 183 Å². The quantitative estimate of drug-likeness (QED) is 0.435. The van der Waals surface area contributed by atoms with E-state index in [-0.39, 0.29) is 5.91 Å². The summed E-state index contributed by atoms with van der Waals surface area (Å²) in [4.78, 5) is 34.4. The first-order valence-corrected chi connectivity index (χ1v) is 11.0. The van der Waals surface area contributed by atoms with Crippen molar-refractivity contribution in [2.45, 2.75) is 25.7 Å². The molecule has 7 heteroatoms. The van der Waals surface area contributed by atoms with Crippen molar-refractivity contribution in [2.24, 2.45) is 0 Å². The average Bonchev–Trinajstić information content (AvgIpc) is 3.39. The Morgan fingerprint density at radius 1 is 1.06 bits per heavy atom. The lowest BCUT2D eigenvalue weighted by Crippen LogP contribution is -2.13. The zero-order chi connectivity index (χ0) is 21.4. The van der Waals surface area contributed by atoms with Gasteiger partial charge in [-0.2, -0.15) is 0 Å². The van der Waals surface area contributed by atoms with E-state index in [1.165, 1.54) is 17.6 Å². The first kappa shape index (κ1) is 19.5. The number of hydrogen-bond acceptors (Lipinski definition) is 5. The van der Waals surface area contributed by atoms with E-state index >= 15 is 0 Å². The molecule has 31 heavy (non-hydrogen) atoms. The molecule has 2 heterocycles. The zero-order valence-corrected chi connectivity index (χ0v) is 17.8. The Kier molecular flexibility index (Phi) is 5.03. The van der Waals surface area contributed by atoms with Crippen molar-refractivity contribution in [3.63, 3.8) is 0 Å². The molecule has 0 unspecified atom stereocenters. The van der Waals surface area contributed by atoms with Gasteiger partial charge in [0.25, 0.3) is 5.91 Å². The Morgan fingerprint density at radius 3 is 2.71 bits per heavy atom. The van der Waals surface area contributed by atoms with Gasteiger partial charge >= 0.3 is 5.97 Å². The Bertz CT molecular complexity index is 1270. The number of nitrogens with one attached hydrogen (secondary N) is 2. The minimum Gasteiger partial charge on any atom is -0.465 e. The smallest absolute Gasteiger partial charge is 0.337 e. The zero-order valence-electron chi connectivity index (χ0n) is 17.0. The molecule has 0 fully saturated rings. The van der Waals surface area contributed by atoms with E-state index in [0.717, 1.165) is 53.1 Å². The number of rotatable bonds is 4. The average molecular weight is 432 g/mol. The number of carbonyl (C=O) groups excluding carboxylic acids is 2. The molecule has 0 spiro atoms. The number of thiophene rings is 1. The molecule has 1 aliphatic carbocycles. The van der Waals surface area contributed by atoms with Gasteiger partial charge in [-0.3, -0.25) is 4.79 Å². The minimum absolute atomic E-state index is 0.262. The summed E-state index contributed by atoms with van der Waals surface area (Å²) in [6, 6.07) is 14.5. The summed E-state index contributed by atoms with van der Waals surface area (Å²) in [6.07, 6.45) is 4.28. The summed E-state index contributed by atoms with van der Waals surface area (Å²) >= 11 is 1.62. The van der Waals surface area contributed by atoms with E-state index in [1.807, 2.05) is 24.3 Å². The molecular weight excluding hydrogens is 410 g/mol. The second-order valence-corrected chi connectivity index (χ2v) is 8.65. The number of esters is 1. The second kappa shape index (κ2) is 8.00. The molecule has 0 bridgehead atoms. The maximum Gasteiger partial charge on any atom is 0.337 e. The van der Waals surface area contributed by atoms with Gasteiger partial charge in [-0.15, -0.1) is 11.3 Å². The van der Waals surface area contributed by atoms with Gasteiger partial charge in [0.1, 0.15) is 10.8 Å². The normalized spacial score (nSPS) is 13.1. The number of aromatic amines is 1. The number of amides is 1. The molecule has 2 N–H and O–H groups in total. The highest BCUT2D eigenvalue weighted by atomic mass is 32.1. The van der Waals surface area contributed by atoms with Crippen LogP contribution in [-0.2, 0) is 17.6 Å². The Balaban J connectivity index is 1.54. The van der Waals surface area contributed by atoms with Gasteiger partial charge < -0.3 is 15.0 Å². The molecule has 1 aliphatic rings. The third kappa shape index (κ3) is 3.61. The molecule has 156 valence electrons. The van der Waals surface area contributed by atoms with Gasteiger partial charge in [-0.25, -0.2) is 9.78 Å². The molecule has 0 aliphatic heterocycles. The minimum atomic E-state index is -0.468. The number of benzene rings is 2. The molecule has 0 saturated heterocycles. The monoisotopic (exact) mass is 431 g/mol. The van der Waals surface area contributed by atoms with E-state index in [4.69, 9.17) is 9.72 Å². The lowest BCUT2D eigenvalue weighted by molar-refractivity contribution is 0.0600. The Hall–Kier alpha value is -3.45. The summed E-state index contributed by atoms with van der Waals surface area (Å²) in [5.74, 6) is 0.0464. The van der Waals surface area contributed by atoms with Crippen LogP contribution in [0.25, 0.3) is 22.4 Å². The number of ether oxygens (including phenoxy) is 1. The van der Waals surface area contributed by atoms with E-state index < -0.39 is 5.97 Å². The fourth-order valence-corrected chi connectivity index (χ4v) is 5.34. The number of aromatic nitrogens is 2. The number of carbonyl (C=O) groups is 2. The fraction of sp³-hybridized carbons (Fsp3) is 0.208.